The minimum Gasteiger partial charge on any atom is -0.464 e. The lowest BCUT2D eigenvalue weighted by atomic mass is 10.0. The number of aliphatic hydroxyl groups is 1. The summed E-state index contributed by atoms with van der Waals surface area (Å²) in [6.45, 7) is 2.35. The fourth-order valence-corrected chi connectivity index (χ4v) is 3.31. The van der Waals surface area contributed by atoms with Crippen LogP contribution < -0.4 is 0 Å². The van der Waals surface area contributed by atoms with Gasteiger partial charge in [-0.1, -0.05) is 24.0 Å². The molecule has 9 heteroatoms. The maximum absolute atomic E-state index is 12.2. The van der Waals surface area contributed by atoms with Crippen molar-refractivity contribution in [2.45, 2.75) is 18.9 Å². The number of ether oxygens (including phenoxy) is 1. The van der Waals surface area contributed by atoms with Crippen molar-refractivity contribution in [1.29, 1.82) is 0 Å². The van der Waals surface area contributed by atoms with Crippen LogP contribution >= 0.6 is 0 Å². The van der Waals surface area contributed by atoms with Gasteiger partial charge in [-0.2, -0.15) is 5.10 Å². The number of aromatic nitrogens is 4. The molecule has 32 heavy (non-hydrogen) atoms. The highest BCUT2D eigenvalue weighted by Crippen LogP contribution is 2.22. The van der Waals surface area contributed by atoms with E-state index in [9.17, 15) is 14.7 Å². The largest absolute Gasteiger partial charge is 0.464 e. The number of amides is 1. The molecule has 1 amide bonds. The summed E-state index contributed by atoms with van der Waals surface area (Å²) in [5.41, 5.74) is 0.520. The molecule has 9 nitrogen and oxygen atoms in total. The topological polar surface area (TPSA) is 110 Å². The van der Waals surface area contributed by atoms with Crippen LogP contribution in [0.25, 0.3) is 17.2 Å². The molecule has 0 bridgehead atoms. The molecule has 1 aliphatic heterocycles. The molecule has 0 radical (unpaired) electrons. The highest BCUT2D eigenvalue weighted by molar-refractivity contribution is 5.90. The van der Waals surface area contributed by atoms with Crippen molar-refractivity contribution in [2.24, 2.45) is 0 Å². The number of hydrogen-bond donors (Lipinski definition) is 1. The normalized spacial score (nSPS) is 17.8. The van der Waals surface area contributed by atoms with Crippen molar-refractivity contribution < 1.29 is 19.4 Å². The van der Waals surface area contributed by atoms with Gasteiger partial charge in [0.1, 0.15) is 0 Å². The molecule has 1 aliphatic rings. The smallest absolute Gasteiger partial charge is 0.356 e. The van der Waals surface area contributed by atoms with Crippen LogP contribution in [0.1, 0.15) is 28.0 Å². The van der Waals surface area contributed by atoms with Crippen LogP contribution in [-0.2, 0) is 9.53 Å². The third-order valence-electron chi connectivity index (χ3n) is 5.10. The number of hydrogen-bond acceptors (Lipinski definition) is 7. The van der Waals surface area contributed by atoms with E-state index in [1.54, 1.807) is 48.4 Å². The molecule has 0 spiro atoms. The van der Waals surface area contributed by atoms with E-state index in [1.807, 2.05) is 6.92 Å². The van der Waals surface area contributed by atoms with Gasteiger partial charge >= 0.3 is 5.97 Å². The number of carbonyl (C=O) groups is 2. The molecule has 0 saturated carbocycles. The Kier molecular flexibility index (Phi) is 5.47. The quantitative estimate of drug-likeness (QED) is 0.493. The van der Waals surface area contributed by atoms with Crippen molar-refractivity contribution in [3.8, 4) is 29.0 Å². The second-order valence-corrected chi connectivity index (χ2v) is 7.56. The summed E-state index contributed by atoms with van der Waals surface area (Å²) in [5, 5.41) is 14.8. The van der Waals surface area contributed by atoms with Gasteiger partial charge in [-0.15, -0.1) is 0 Å². The SMILES string of the molecule is COC(=O)c1cc(-n2cc(C)cn2)nc(-c2cccc(C#C[C@]3(O)CCN(C)C3=O)c2)n1. The van der Waals surface area contributed by atoms with Gasteiger partial charge in [-0.25, -0.2) is 19.4 Å². The molecule has 1 fully saturated rings. The van der Waals surface area contributed by atoms with Gasteiger partial charge in [0.05, 0.1) is 13.3 Å². The van der Waals surface area contributed by atoms with Crippen LogP contribution in [0.5, 0.6) is 0 Å². The van der Waals surface area contributed by atoms with Gasteiger partial charge in [0, 0.05) is 43.4 Å². The van der Waals surface area contributed by atoms with E-state index in [-0.39, 0.29) is 17.9 Å². The molecule has 1 N–H and O–H groups in total. The number of likely N-dealkylation sites (tertiary alicyclic amines) is 1. The fourth-order valence-electron chi connectivity index (χ4n) is 3.31. The van der Waals surface area contributed by atoms with E-state index < -0.39 is 17.5 Å². The van der Waals surface area contributed by atoms with E-state index >= 15 is 0 Å². The number of benzene rings is 1. The maximum atomic E-state index is 12.2. The van der Waals surface area contributed by atoms with E-state index in [4.69, 9.17) is 4.74 Å². The molecule has 162 valence electrons. The van der Waals surface area contributed by atoms with Crippen molar-refractivity contribution >= 4 is 11.9 Å². The first-order valence-corrected chi connectivity index (χ1v) is 9.90. The van der Waals surface area contributed by atoms with Gasteiger partial charge < -0.3 is 14.7 Å². The summed E-state index contributed by atoms with van der Waals surface area (Å²) in [6.07, 6.45) is 3.72. The van der Waals surface area contributed by atoms with E-state index in [1.165, 1.54) is 18.1 Å². The van der Waals surface area contributed by atoms with Crippen LogP contribution in [0, 0.1) is 18.8 Å². The van der Waals surface area contributed by atoms with Gasteiger partial charge in [-0.05, 0) is 24.6 Å². The highest BCUT2D eigenvalue weighted by Gasteiger charge is 2.42. The standard InChI is InChI=1S/C23H21N5O4/c1-15-13-24-28(14-15)19-12-18(21(29)32-3)25-20(26-19)17-6-4-5-16(11-17)7-8-23(31)9-10-27(2)22(23)30/h4-6,11-14,31H,9-10H2,1-3H3/t23-/m0/s1. The van der Waals surface area contributed by atoms with Crippen molar-refractivity contribution in [2.75, 3.05) is 20.7 Å². The second-order valence-electron chi connectivity index (χ2n) is 7.56. The minimum atomic E-state index is -1.68. The molecule has 0 aliphatic carbocycles. The summed E-state index contributed by atoms with van der Waals surface area (Å²) in [5.74, 6) is 5.27. The lowest BCUT2D eigenvalue weighted by molar-refractivity contribution is -0.137. The number of esters is 1. The summed E-state index contributed by atoms with van der Waals surface area (Å²) >= 11 is 0. The predicted octanol–water partition coefficient (Wildman–Crippen LogP) is 1.37. The third kappa shape index (κ3) is 4.08. The molecule has 1 aromatic carbocycles. The average Bonchev–Trinajstić information content (AvgIpc) is 3.36. The Bertz CT molecular complexity index is 1270. The van der Waals surface area contributed by atoms with E-state index in [2.05, 4.69) is 26.9 Å². The van der Waals surface area contributed by atoms with Crippen LogP contribution in [0.4, 0.5) is 0 Å². The lowest BCUT2D eigenvalue weighted by Gasteiger charge is -2.13. The number of aryl methyl sites for hydroxylation is 1. The Balaban J connectivity index is 1.74. The molecule has 0 unspecified atom stereocenters. The highest BCUT2D eigenvalue weighted by atomic mass is 16.5. The van der Waals surface area contributed by atoms with Crippen LogP contribution in [0.15, 0.2) is 42.7 Å². The molecule has 4 rings (SSSR count). The number of nitrogens with zero attached hydrogens (tertiary/aromatic N) is 5. The number of methoxy groups -OCH3 is 1. The number of carbonyl (C=O) groups excluding carboxylic acids is 2. The van der Waals surface area contributed by atoms with Gasteiger partial charge in [-0.3, -0.25) is 4.79 Å². The summed E-state index contributed by atoms with van der Waals surface area (Å²) < 4.78 is 6.38. The Morgan fingerprint density at radius 1 is 1.28 bits per heavy atom. The molecule has 3 aromatic rings. The van der Waals surface area contributed by atoms with Crippen LogP contribution in [0.3, 0.4) is 0 Å². The van der Waals surface area contributed by atoms with Gasteiger partial charge in [0.25, 0.3) is 5.91 Å². The van der Waals surface area contributed by atoms with Crippen LogP contribution in [0.2, 0.25) is 0 Å². The van der Waals surface area contributed by atoms with E-state index in [0.717, 1.165) is 5.56 Å². The monoisotopic (exact) mass is 431 g/mol. The Labute approximate surface area is 184 Å². The second kappa shape index (κ2) is 8.24. The summed E-state index contributed by atoms with van der Waals surface area (Å²) in [6, 6.07) is 8.53. The van der Waals surface area contributed by atoms with Crippen molar-refractivity contribution in [3.05, 3.63) is 59.5 Å². The molecular formula is C23H21N5O4. The first kappa shape index (κ1) is 21.2. The summed E-state index contributed by atoms with van der Waals surface area (Å²) in [7, 11) is 2.91. The van der Waals surface area contributed by atoms with Crippen molar-refractivity contribution in [1.82, 2.24) is 24.6 Å². The Morgan fingerprint density at radius 2 is 2.09 bits per heavy atom. The maximum Gasteiger partial charge on any atom is 0.356 e. The molecule has 1 saturated heterocycles. The first-order valence-electron chi connectivity index (χ1n) is 9.90. The minimum absolute atomic E-state index is 0.0889. The van der Waals surface area contributed by atoms with Gasteiger partial charge in [0.2, 0.25) is 5.60 Å². The summed E-state index contributed by atoms with van der Waals surface area (Å²) in [4.78, 5) is 34.6. The van der Waals surface area contributed by atoms with E-state index in [0.29, 0.717) is 23.5 Å². The number of rotatable bonds is 3. The van der Waals surface area contributed by atoms with Gasteiger partial charge in [0.15, 0.2) is 17.3 Å². The predicted molar refractivity (Wildman–Crippen MR) is 115 cm³/mol. The zero-order valence-corrected chi connectivity index (χ0v) is 17.9. The molecular weight excluding hydrogens is 410 g/mol. The molecule has 3 heterocycles. The first-order chi connectivity index (χ1) is 15.3. The number of likely N-dealkylation sites (N-methyl/N-ethyl adjacent to an activating group) is 1. The Morgan fingerprint density at radius 3 is 2.75 bits per heavy atom. The lowest BCUT2D eigenvalue weighted by Crippen LogP contribution is -2.37. The zero-order valence-electron chi connectivity index (χ0n) is 17.9. The fraction of sp³-hybridized carbons (Fsp3) is 0.261. The Hall–Kier alpha value is -4.03. The average molecular weight is 431 g/mol. The molecule has 2 aromatic heterocycles. The third-order valence-corrected chi connectivity index (χ3v) is 5.10. The van der Waals surface area contributed by atoms with Crippen molar-refractivity contribution in [3.63, 3.8) is 0 Å². The van der Waals surface area contributed by atoms with Crippen LogP contribution in [-0.4, -0.2) is 67.9 Å². The molecule has 1 atom stereocenters. The zero-order chi connectivity index (χ0) is 22.9.